The van der Waals surface area contributed by atoms with Gasteiger partial charge in [0.1, 0.15) is 0 Å². The molecule has 1 fully saturated rings. The van der Waals surface area contributed by atoms with Crippen molar-refractivity contribution in [2.75, 3.05) is 68.8 Å². The number of piperazine rings is 1. The smallest absolute Gasteiger partial charge is 0.288 e. The number of hydrogen-bond acceptors (Lipinski definition) is 14. The molecule has 0 bridgehead atoms. The van der Waals surface area contributed by atoms with E-state index in [1.165, 1.54) is 0 Å². The monoisotopic (exact) mass is 646 g/mol. The summed E-state index contributed by atoms with van der Waals surface area (Å²) < 4.78 is 47.6. The van der Waals surface area contributed by atoms with E-state index < -0.39 is 0 Å². The van der Waals surface area contributed by atoms with E-state index in [0.717, 1.165) is 26.2 Å². The molecule has 236 valence electrons. The number of ether oxygens (including phenoxy) is 6. The summed E-state index contributed by atoms with van der Waals surface area (Å²) in [4.78, 5) is 5.03. The number of methoxy groups -OCH3 is 6. The molecule has 3 heterocycles. The minimum Gasteiger partial charge on any atom is -0.493 e. The molecule has 2 aromatic carbocycles. The molecule has 0 atom stereocenters. The zero-order chi connectivity index (χ0) is 31.4. The second kappa shape index (κ2) is 13.7. The standard InChI is InChI=1S/C28H34N6O8S2/c1-35-19-11-17(12-20(36-2)23(19)39-5)25-29-33(27(43)41-25)15-31-7-9-32(10-8-31)16-34-28(44)42-26(30-34)18-13-21(37-3)24(40-6)22(14-18)38-4/h11-14H,7-10,15-16H2,1-6H3. The number of nitrogens with zero attached hydrogens (tertiary/aromatic N) is 6. The Bertz CT molecular complexity index is 1550. The van der Waals surface area contributed by atoms with Crippen molar-refractivity contribution < 1.29 is 37.3 Å². The highest BCUT2D eigenvalue weighted by molar-refractivity contribution is 7.71. The molecule has 0 radical (unpaired) electrons. The number of rotatable bonds is 12. The van der Waals surface area contributed by atoms with Crippen LogP contribution < -0.4 is 28.4 Å². The first-order valence-electron chi connectivity index (χ1n) is 13.5. The molecule has 0 spiro atoms. The summed E-state index contributed by atoms with van der Waals surface area (Å²) >= 11 is 11.0. The third kappa shape index (κ3) is 6.38. The maximum atomic E-state index is 5.83. The second-order valence-corrected chi connectivity index (χ2v) is 10.4. The van der Waals surface area contributed by atoms with Gasteiger partial charge in [0, 0.05) is 37.3 Å². The number of aromatic nitrogens is 4. The van der Waals surface area contributed by atoms with E-state index >= 15 is 0 Å². The summed E-state index contributed by atoms with van der Waals surface area (Å²) in [5.41, 5.74) is 1.31. The van der Waals surface area contributed by atoms with Crippen LogP contribution in [0.4, 0.5) is 0 Å². The van der Waals surface area contributed by atoms with Gasteiger partial charge in [0.05, 0.1) is 56.0 Å². The van der Waals surface area contributed by atoms with E-state index in [-0.39, 0.29) is 9.67 Å². The average Bonchev–Trinajstić information content (AvgIpc) is 3.61. The normalized spacial score (nSPS) is 14.0. The molecule has 2 aromatic heterocycles. The number of benzene rings is 2. The number of hydrogen-bond donors (Lipinski definition) is 0. The Hall–Kier alpha value is -4.12. The fourth-order valence-corrected chi connectivity index (χ4v) is 5.24. The highest BCUT2D eigenvalue weighted by Gasteiger charge is 2.23. The summed E-state index contributed by atoms with van der Waals surface area (Å²) in [5.74, 6) is 3.67. The van der Waals surface area contributed by atoms with E-state index in [9.17, 15) is 0 Å². The Kier molecular flexibility index (Phi) is 9.73. The minimum absolute atomic E-state index is 0.268. The first kappa shape index (κ1) is 31.3. The highest BCUT2D eigenvalue weighted by atomic mass is 32.1. The highest BCUT2D eigenvalue weighted by Crippen LogP contribution is 2.42. The van der Waals surface area contributed by atoms with Crippen LogP contribution in [0.15, 0.2) is 33.1 Å². The van der Waals surface area contributed by atoms with Crippen molar-refractivity contribution in [2.45, 2.75) is 13.3 Å². The maximum Gasteiger partial charge on any atom is 0.288 e. The zero-order valence-electron chi connectivity index (χ0n) is 25.3. The largest absolute Gasteiger partial charge is 0.493 e. The van der Waals surface area contributed by atoms with Gasteiger partial charge in [-0.2, -0.15) is 0 Å². The van der Waals surface area contributed by atoms with Crippen LogP contribution in [0.25, 0.3) is 22.9 Å². The Morgan fingerprint density at radius 2 is 0.886 bits per heavy atom. The van der Waals surface area contributed by atoms with Gasteiger partial charge in [0.25, 0.3) is 9.67 Å². The average molecular weight is 647 g/mol. The molecule has 0 unspecified atom stereocenters. The summed E-state index contributed by atoms with van der Waals surface area (Å²) in [6.07, 6.45) is 0. The van der Waals surface area contributed by atoms with Crippen molar-refractivity contribution in [1.82, 2.24) is 29.4 Å². The molecule has 0 saturated carbocycles. The summed E-state index contributed by atoms with van der Waals surface area (Å²) in [6.45, 7) is 4.07. The predicted molar refractivity (Wildman–Crippen MR) is 164 cm³/mol. The van der Waals surface area contributed by atoms with E-state index in [4.69, 9.17) is 61.7 Å². The van der Waals surface area contributed by atoms with Crippen LogP contribution in [-0.2, 0) is 13.3 Å². The van der Waals surface area contributed by atoms with Crippen LogP contribution in [0.1, 0.15) is 0 Å². The van der Waals surface area contributed by atoms with Crippen LogP contribution >= 0.6 is 24.4 Å². The van der Waals surface area contributed by atoms with Crippen molar-refractivity contribution in [2.24, 2.45) is 0 Å². The Labute approximate surface area is 264 Å². The van der Waals surface area contributed by atoms with Gasteiger partial charge in [-0.3, -0.25) is 9.80 Å². The fraction of sp³-hybridized carbons (Fsp3) is 0.429. The molecule has 4 aromatic rings. The molecule has 0 aliphatic carbocycles. The molecule has 1 saturated heterocycles. The molecule has 14 nitrogen and oxygen atoms in total. The molecule has 0 N–H and O–H groups in total. The summed E-state index contributed by atoms with van der Waals surface area (Å²) in [5, 5.41) is 9.24. The van der Waals surface area contributed by atoms with Crippen molar-refractivity contribution in [3.8, 4) is 57.4 Å². The van der Waals surface area contributed by atoms with E-state index in [0.29, 0.717) is 70.7 Å². The van der Waals surface area contributed by atoms with Crippen molar-refractivity contribution in [3.05, 3.63) is 33.9 Å². The van der Waals surface area contributed by atoms with Crippen molar-refractivity contribution in [3.63, 3.8) is 0 Å². The van der Waals surface area contributed by atoms with Crippen LogP contribution in [0.2, 0.25) is 0 Å². The zero-order valence-corrected chi connectivity index (χ0v) is 27.0. The van der Waals surface area contributed by atoms with E-state index in [2.05, 4.69) is 20.0 Å². The molecule has 1 aliphatic heterocycles. The van der Waals surface area contributed by atoms with Gasteiger partial charge >= 0.3 is 0 Å². The second-order valence-electron chi connectivity index (χ2n) is 9.69. The van der Waals surface area contributed by atoms with Crippen LogP contribution in [-0.4, -0.2) is 98.2 Å². The van der Waals surface area contributed by atoms with Gasteiger partial charge in [0.15, 0.2) is 23.0 Å². The Morgan fingerprint density at radius 3 is 1.16 bits per heavy atom. The lowest BCUT2D eigenvalue weighted by molar-refractivity contribution is 0.0783. The third-order valence-corrected chi connectivity index (χ3v) is 7.76. The molecular formula is C28H34N6O8S2. The van der Waals surface area contributed by atoms with Crippen molar-refractivity contribution >= 4 is 24.4 Å². The van der Waals surface area contributed by atoms with Crippen molar-refractivity contribution in [1.29, 1.82) is 0 Å². The predicted octanol–water partition coefficient (Wildman–Crippen LogP) is 4.34. The first-order chi connectivity index (χ1) is 21.3. The maximum absolute atomic E-state index is 5.83. The molecule has 16 heteroatoms. The Morgan fingerprint density at radius 1 is 0.568 bits per heavy atom. The molecule has 1 aliphatic rings. The Balaban J connectivity index is 1.23. The lowest BCUT2D eigenvalue weighted by atomic mass is 10.2. The first-order valence-corrected chi connectivity index (χ1v) is 14.3. The summed E-state index contributed by atoms with van der Waals surface area (Å²) in [7, 11) is 9.33. The van der Waals surface area contributed by atoms with Crippen LogP contribution in [0.3, 0.4) is 0 Å². The van der Waals surface area contributed by atoms with Crippen LogP contribution in [0, 0.1) is 9.67 Å². The molecule has 44 heavy (non-hydrogen) atoms. The third-order valence-electron chi connectivity index (χ3n) is 7.17. The topological polar surface area (TPSA) is 124 Å². The molecule has 0 amide bonds. The van der Waals surface area contributed by atoms with E-state index in [1.54, 1.807) is 76.3 Å². The van der Waals surface area contributed by atoms with Gasteiger partial charge in [0.2, 0.25) is 23.3 Å². The van der Waals surface area contributed by atoms with Gasteiger partial charge < -0.3 is 37.3 Å². The lowest BCUT2D eigenvalue weighted by Gasteiger charge is -2.33. The lowest BCUT2D eigenvalue weighted by Crippen LogP contribution is -2.47. The van der Waals surface area contributed by atoms with Gasteiger partial charge in [-0.05, 0) is 48.7 Å². The van der Waals surface area contributed by atoms with Gasteiger partial charge in [-0.1, -0.05) is 0 Å². The SMILES string of the molecule is COc1cc(-c2nn(CN3CCN(Cn4nc(-c5cc(OC)c(OC)c(OC)c5)oc4=S)CC3)c(=S)o2)cc(OC)c1OC. The summed E-state index contributed by atoms with van der Waals surface area (Å²) in [6, 6.07) is 7.08. The van der Waals surface area contributed by atoms with Gasteiger partial charge in [-0.25, -0.2) is 9.36 Å². The van der Waals surface area contributed by atoms with Gasteiger partial charge in [-0.15, -0.1) is 10.2 Å². The van der Waals surface area contributed by atoms with Crippen LogP contribution in [0.5, 0.6) is 34.5 Å². The fourth-order valence-electron chi connectivity index (χ4n) is 4.88. The van der Waals surface area contributed by atoms with E-state index in [1.807, 2.05) is 0 Å². The molecule has 5 rings (SSSR count). The molecular weight excluding hydrogens is 612 g/mol. The quantitative estimate of drug-likeness (QED) is 0.203. The minimum atomic E-state index is 0.268.